The van der Waals surface area contributed by atoms with E-state index < -0.39 is 24.2 Å². The van der Waals surface area contributed by atoms with E-state index in [0.717, 1.165) is 16.3 Å². The Labute approximate surface area is 118 Å². The highest BCUT2D eigenvalue weighted by atomic mass is 19.3. The summed E-state index contributed by atoms with van der Waals surface area (Å²) in [5.41, 5.74) is 10.6. The Morgan fingerprint density at radius 1 is 1.33 bits per heavy atom. The monoisotopic (exact) mass is 298 g/mol. The molecule has 0 bridgehead atoms. The number of alkyl halides is 3. The summed E-state index contributed by atoms with van der Waals surface area (Å²) in [6, 6.07) is 7.29. The number of nitrogens with zero attached hydrogens (tertiary/aromatic N) is 2. The number of rotatable bonds is 5. The summed E-state index contributed by atoms with van der Waals surface area (Å²) in [6.07, 6.45) is 0. The molecular formula is C13H13F3N4O. The molecule has 0 aliphatic carbocycles. The molecule has 112 valence electrons. The number of halogens is 3. The Hall–Kier alpha value is -2.35. The lowest BCUT2D eigenvalue weighted by Gasteiger charge is -2.08. The van der Waals surface area contributed by atoms with Crippen molar-refractivity contribution in [1.29, 1.82) is 0 Å². The average Bonchev–Trinajstić information content (AvgIpc) is 2.93. The van der Waals surface area contributed by atoms with Crippen LogP contribution in [0.15, 0.2) is 30.3 Å². The molecule has 0 fully saturated rings. The Morgan fingerprint density at radius 2 is 2.05 bits per heavy atom. The van der Waals surface area contributed by atoms with Gasteiger partial charge in [0, 0.05) is 6.54 Å². The highest BCUT2D eigenvalue weighted by Crippen LogP contribution is 2.28. The van der Waals surface area contributed by atoms with Crippen molar-refractivity contribution in [1.82, 2.24) is 9.78 Å². The SMILES string of the molecule is NCc1cccc(-n2nc(C(F)(F)CF)cc2C(N)=O)c1. The zero-order valence-electron chi connectivity index (χ0n) is 10.9. The average molecular weight is 298 g/mol. The lowest BCUT2D eigenvalue weighted by molar-refractivity contribution is -0.0324. The van der Waals surface area contributed by atoms with E-state index in [1.807, 2.05) is 0 Å². The number of hydrogen-bond acceptors (Lipinski definition) is 3. The number of primary amides is 1. The molecule has 0 saturated heterocycles. The second kappa shape index (κ2) is 5.57. The molecule has 5 nitrogen and oxygen atoms in total. The van der Waals surface area contributed by atoms with Gasteiger partial charge in [-0.3, -0.25) is 4.79 Å². The third-order valence-corrected chi connectivity index (χ3v) is 2.90. The number of nitrogens with two attached hydrogens (primary N) is 2. The molecule has 0 aliphatic heterocycles. The molecule has 2 rings (SSSR count). The second-order valence-electron chi connectivity index (χ2n) is 4.40. The van der Waals surface area contributed by atoms with Gasteiger partial charge in [0.05, 0.1) is 5.69 Å². The number of hydrogen-bond donors (Lipinski definition) is 2. The van der Waals surface area contributed by atoms with E-state index in [4.69, 9.17) is 11.5 Å². The largest absolute Gasteiger partial charge is 0.364 e. The molecule has 0 radical (unpaired) electrons. The standard InChI is InChI=1S/C13H13F3N4O/c14-7-13(15,16)11-5-10(12(18)21)20(19-11)9-3-1-2-8(4-9)6-17/h1-5H,6-7,17H2,(H2,18,21). The predicted octanol–water partition coefficient (Wildman–Crippen LogP) is 1.49. The van der Waals surface area contributed by atoms with Gasteiger partial charge in [-0.25, -0.2) is 9.07 Å². The molecule has 2 aromatic rings. The minimum Gasteiger partial charge on any atom is -0.364 e. The van der Waals surface area contributed by atoms with Gasteiger partial charge in [0.2, 0.25) is 0 Å². The third-order valence-electron chi connectivity index (χ3n) is 2.90. The first kappa shape index (κ1) is 15.0. The molecule has 1 aromatic carbocycles. The molecule has 0 saturated carbocycles. The first-order valence-corrected chi connectivity index (χ1v) is 6.02. The molecule has 1 aromatic heterocycles. The summed E-state index contributed by atoms with van der Waals surface area (Å²) >= 11 is 0. The van der Waals surface area contributed by atoms with Gasteiger partial charge in [-0.05, 0) is 23.8 Å². The Kier molecular flexibility index (Phi) is 3.99. The van der Waals surface area contributed by atoms with Crippen molar-refractivity contribution in [2.45, 2.75) is 12.5 Å². The smallest absolute Gasteiger partial charge is 0.319 e. The maximum absolute atomic E-state index is 13.4. The maximum Gasteiger partial charge on any atom is 0.319 e. The van der Waals surface area contributed by atoms with Crippen LogP contribution in [0.5, 0.6) is 0 Å². The fourth-order valence-corrected chi connectivity index (χ4v) is 1.82. The highest BCUT2D eigenvalue weighted by molar-refractivity contribution is 5.91. The zero-order chi connectivity index (χ0) is 15.6. The van der Waals surface area contributed by atoms with Gasteiger partial charge in [-0.1, -0.05) is 12.1 Å². The van der Waals surface area contributed by atoms with Gasteiger partial charge in [-0.2, -0.15) is 13.9 Å². The Balaban J connectivity index is 2.59. The van der Waals surface area contributed by atoms with Crippen molar-refractivity contribution in [2.24, 2.45) is 11.5 Å². The quantitative estimate of drug-likeness (QED) is 0.876. The van der Waals surface area contributed by atoms with Crippen molar-refractivity contribution in [3.8, 4) is 5.69 Å². The van der Waals surface area contributed by atoms with Crippen molar-refractivity contribution in [3.63, 3.8) is 0 Å². The molecule has 8 heteroatoms. The van der Waals surface area contributed by atoms with E-state index in [2.05, 4.69) is 5.10 Å². The molecular weight excluding hydrogens is 285 g/mol. The first-order chi connectivity index (χ1) is 9.89. The molecule has 0 aliphatic rings. The van der Waals surface area contributed by atoms with E-state index in [1.54, 1.807) is 24.3 Å². The third kappa shape index (κ3) is 2.89. The fourth-order valence-electron chi connectivity index (χ4n) is 1.82. The summed E-state index contributed by atoms with van der Waals surface area (Å²) in [5, 5.41) is 3.60. The van der Waals surface area contributed by atoms with E-state index in [0.29, 0.717) is 5.69 Å². The van der Waals surface area contributed by atoms with Gasteiger partial charge in [0.25, 0.3) is 5.91 Å². The molecule has 0 atom stereocenters. The van der Waals surface area contributed by atoms with Crippen LogP contribution in [0.2, 0.25) is 0 Å². The van der Waals surface area contributed by atoms with Gasteiger partial charge >= 0.3 is 5.92 Å². The summed E-state index contributed by atoms with van der Waals surface area (Å²) < 4.78 is 40.1. The topological polar surface area (TPSA) is 86.9 Å². The van der Waals surface area contributed by atoms with Crippen LogP contribution in [0.3, 0.4) is 0 Å². The molecule has 1 heterocycles. The van der Waals surface area contributed by atoms with Crippen LogP contribution in [-0.4, -0.2) is 22.4 Å². The number of benzene rings is 1. The lowest BCUT2D eigenvalue weighted by atomic mass is 10.2. The van der Waals surface area contributed by atoms with Crippen molar-refractivity contribution < 1.29 is 18.0 Å². The molecule has 4 N–H and O–H groups in total. The minimum atomic E-state index is -3.78. The fraction of sp³-hybridized carbons (Fsp3) is 0.231. The molecule has 0 unspecified atom stereocenters. The Bertz CT molecular complexity index is 669. The van der Waals surface area contributed by atoms with Crippen LogP contribution >= 0.6 is 0 Å². The number of amides is 1. The zero-order valence-corrected chi connectivity index (χ0v) is 10.9. The van der Waals surface area contributed by atoms with Gasteiger partial charge in [-0.15, -0.1) is 0 Å². The molecule has 0 spiro atoms. The Morgan fingerprint density at radius 3 is 2.62 bits per heavy atom. The van der Waals surface area contributed by atoms with Gasteiger partial charge < -0.3 is 11.5 Å². The molecule has 1 amide bonds. The van der Waals surface area contributed by atoms with E-state index >= 15 is 0 Å². The van der Waals surface area contributed by atoms with Crippen molar-refractivity contribution >= 4 is 5.91 Å². The first-order valence-electron chi connectivity index (χ1n) is 6.02. The van der Waals surface area contributed by atoms with E-state index in [9.17, 15) is 18.0 Å². The summed E-state index contributed by atoms with van der Waals surface area (Å²) in [5.74, 6) is -4.72. The van der Waals surface area contributed by atoms with Crippen LogP contribution in [0, 0.1) is 0 Å². The normalized spacial score (nSPS) is 11.6. The van der Waals surface area contributed by atoms with Crippen molar-refractivity contribution in [3.05, 3.63) is 47.3 Å². The van der Waals surface area contributed by atoms with E-state index in [1.165, 1.54) is 0 Å². The second-order valence-corrected chi connectivity index (χ2v) is 4.40. The molecule has 21 heavy (non-hydrogen) atoms. The predicted molar refractivity (Wildman–Crippen MR) is 69.8 cm³/mol. The summed E-state index contributed by atoms with van der Waals surface area (Å²) in [7, 11) is 0. The number of carbonyl (C=O) groups excluding carboxylic acids is 1. The van der Waals surface area contributed by atoms with Crippen LogP contribution in [0.25, 0.3) is 5.69 Å². The highest BCUT2D eigenvalue weighted by Gasteiger charge is 2.36. The van der Waals surface area contributed by atoms with Crippen LogP contribution < -0.4 is 11.5 Å². The lowest BCUT2D eigenvalue weighted by Crippen LogP contribution is -2.17. The van der Waals surface area contributed by atoms with Crippen LogP contribution in [-0.2, 0) is 12.5 Å². The van der Waals surface area contributed by atoms with Crippen molar-refractivity contribution in [2.75, 3.05) is 6.67 Å². The number of carbonyl (C=O) groups is 1. The van der Waals surface area contributed by atoms with Gasteiger partial charge in [0.15, 0.2) is 6.67 Å². The van der Waals surface area contributed by atoms with Gasteiger partial charge in [0.1, 0.15) is 11.4 Å². The summed E-state index contributed by atoms with van der Waals surface area (Å²) in [6.45, 7) is -1.68. The maximum atomic E-state index is 13.4. The summed E-state index contributed by atoms with van der Waals surface area (Å²) in [4.78, 5) is 11.4. The van der Waals surface area contributed by atoms with Crippen LogP contribution in [0.4, 0.5) is 13.2 Å². The minimum absolute atomic E-state index is 0.231. The number of aromatic nitrogens is 2. The van der Waals surface area contributed by atoms with E-state index in [-0.39, 0.29) is 12.2 Å². The van der Waals surface area contributed by atoms with Crippen LogP contribution in [0.1, 0.15) is 21.7 Å².